The van der Waals surface area contributed by atoms with Crippen molar-refractivity contribution in [2.75, 3.05) is 0 Å². The van der Waals surface area contributed by atoms with Crippen LogP contribution in [0.2, 0.25) is 0 Å². The van der Waals surface area contributed by atoms with Crippen molar-refractivity contribution in [2.45, 2.75) is 104 Å². The molecule has 144 valence electrons. The lowest BCUT2D eigenvalue weighted by atomic mass is 9.59. The zero-order valence-electron chi connectivity index (χ0n) is 17.3. The summed E-state index contributed by atoms with van der Waals surface area (Å²) < 4.78 is 0. The maximum atomic E-state index is 4.10. The van der Waals surface area contributed by atoms with Crippen molar-refractivity contribution >= 4 is 0 Å². The Morgan fingerprint density at radius 2 is 1.36 bits per heavy atom. The van der Waals surface area contributed by atoms with Crippen molar-refractivity contribution in [1.29, 1.82) is 0 Å². The smallest absolute Gasteiger partial charge is 0.0104 e. The van der Waals surface area contributed by atoms with Gasteiger partial charge in [-0.05, 0) is 79.4 Å². The first-order chi connectivity index (χ1) is 12.0. The molecule has 4 rings (SSSR count). The lowest BCUT2D eigenvalue weighted by Gasteiger charge is -2.47. The molecule has 3 aliphatic carbocycles. The molecule has 0 spiro atoms. The van der Waals surface area contributed by atoms with E-state index in [9.17, 15) is 0 Å². The molecule has 0 aromatic rings. The van der Waals surface area contributed by atoms with Crippen LogP contribution >= 0.6 is 0 Å². The second kappa shape index (κ2) is 7.53. The van der Waals surface area contributed by atoms with Crippen molar-refractivity contribution in [2.24, 2.45) is 47.3 Å². The predicted molar refractivity (Wildman–Crippen MR) is 107 cm³/mol. The van der Waals surface area contributed by atoms with Gasteiger partial charge in [0, 0.05) is 12.1 Å². The topological polar surface area (TPSA) is 12.0 Å². The molecule has 10 atom stereocenters. The summed E-state index contributed by atoms with van der Waals surface area (Å²) in [5.41, 5.74) is 0. The van der Waals surface area contributed by atoms with Crippen LogP contribution in [-0.4, -0.2) is 12.1 Å². The molecular formula is C24H43N. The molecule has 1 N–H and O–H groups in total. The first-order valence-corrected chi connectivity index (χ1v) is 11.8. The molecular weight excluding hydrogens is 302 g/mol. The summed E-state index contributed by atoms with van der Waals surface area (Å²) in [7, 11) is 0. The Balaban J connectivity index is 1.52. The van der Waals surface area contributed by atoms with Gasteiger partial charge in [0.1, 0.15) is 0 Å². The molecule has 1 heterocycles. The molecule has 1 heteroatoms. The Kier molecular flexibility index (Phi) is 5.52. The Bertz CT molecular complexity index is 445. The Hall–Kier alpha value is -0.0400. The highest BCUT2D eigenvalue weighted by molar-refractivity contribution is 5.04. The zero-order valence-corrected chi connectivity index (χ0v) is 17.3. The number of nitrogens with one attached hydrogen (secondary N) is 1. The average Bonchev–Trinajstić information content (AvgIpc) is 2.94. The van der Waals surface area contributed by atoms with Crippen molar-refractivity contribution in [1.82, 2.24) is 5.32 Å². The van der Waals surface area contributed by atoms with Crippen molar-refractivity contribution in [3.63, 3.8) is 0 Å². The molecule has 0 radical (unpaired) electrons. The van der Waals surface area contributed by atoms with Gasteiger partial charge >= 0.3 is 0 Å². The minimum absolute atomic E-state index is 0.859. The van der Waals surface area contributed by atoms with Gasteiger partial charge in [-0.25, -0.2) is 0 Å². The van der Waals surface area contributed by atoms with E-state index in [0.717, 1.165) is 59.4 Å². The summed E-state index contributed by atoms with van der Waals surface area (Å²) in [6.07, 6.45) is 14.9. The SMILES string of the molecule is CC1CCCC(C)C(C)C(C2CC3C(CC2C)NC2CCCCC23)C1. The average molecular weight is 346 g/mol. The maximum absolute atomic E-state index is 4.10. The van der Waals surface area contributed by atoms with E-state index >= 15 is 0 Å². The van der Waals surface area contributed by atoms with Gasteiger partial charge in [-0.2, -0.15) is 0 Å². The van der Waals surface area contributed by atoms with E-state index in [2.05, 4.69) is 33.0 Å². The van der Waals surface area contributed by atoms with Crippen LogP contribution in [0, 0.1) is 47.3 Å². The molecule has 10 unspecified atom stereocenters. The minimum atomic E-state index is 0.859. The highest BCUT2D eigenvalue weighted by atomic mass is 15.0. The quantitative estimate of drug-likeness (QED) is 0.590. The van der Waals surface area contributed by atoms with Gasteiger partial charge < -0.3 is 5.32 Å². The molecule has 1 aliphatic heterocycles. The second-order valence-corrected chi connectivity index (χ2v) is 10.9. The highest BCUT2D eigenvalue weighted by Gasteiger charge is 2.49. The molecule has 1 saturated heterocycles. The van der Waals surface area contributed by atoms with E-state index in [0.29, 0.717) is 0 Å². The van der Waals surface area contributed by atoms with E-state index < -0.39 is 0 Å². The van der Waals surface area contributed by atoms with E-state index in [1.54, 1.807) is 6.42 Å². The summed E-state index contributed by atoms with van der Waals surface area (Å²) in [4.78, 5) is 0. The number of hydrogen-bond acceptors (Lipinski definition) is 1. The summed E-state index contributed by atoms with van der Waals surface area (Å²) in [5, 5.41) is 4.10. The molecule has 25 heavy (non-hydrogen) atoms. The third-order valence-corrected chi connectivity index (χ3v) is 9.37. The van der Waals surface area contributed by atoms with E-state index in [4.69, 9.17) is 0 Å². The molecule has 3 saturated carbocycles. The number of rotatable bonds is 1. The first kappa shape index (κ1) is 18.3. The van der Waals surface area contributed by atoms with E-state index in [1.807, 2.05) is 0 Å². The predicted octanol–water partition coefficient (Wildman–Crippen LogP) is 6.28. The lowest BCUT2D eigenvalue weighted by Crippen LogP contribution is -2.43. The van der Waals surface area contributed by atoms with Gasteiger partial charge in [-0.1, -0.05) is 59.8 Å². The van der Waals surface area contributed by atoms with Crippen LogP contribution in [0.1, 0.15) is 91.9 Å². The standard InChI is InChI=1S/C24H43N/c1-15-8-7-9-16(2)18(4)21(12-15)20-14-22-19-10-5-6-11-23(19)25-24(22)13-17(20)3/h15-25H,5-14H2,1-4H3. The molecule has 0 bridgehead atoms. The fraction of sp³-hybridized carbons (Fsp3) is 1.00. The second-order valence-electron chi connectivity index (χ2n) is 10.9. The molecule has 0 aromatic heterocycles. The van der Waals surface area contributed by atoms with Crippen LogP contribution in [0.25, 0.3) is 0 Å². The van der Waals surface area contributed by atoms with Gasteiger partial charge in [0.05, 0.1) is 0 Å². The van der Waals surface area contributed by atoms with Gasteiger partial charge in [-0.3, -0.25) is 0 Å². The lowest BCUT2D eigenvalue weighted by molar-refractivity contribution is 0.0373. The summed E-state index contributed by atoms with van der Waals surface area (Å²) in [5.74, 6) is 7.77. The normalized spacial score (nSPS) is 54.2. The monoisotopic (exact) mass is 345 g/mol. The van der Waals surface area contributed by atoms with Gasteiger partial charge in [0.25, 0.3) is 0 Å². The zero-order chi connectivity index (χ0) is 17.6. The van der Waals surface area contributed by atoms with Crippen LogP contribution in [-0.2, 0) is 0 Å². The molecule has 4 fully saturated rings. The van der Waals surface area contributed by atoms with E-state index in [-0.39, 0.29) is 0 Å². The van der Waals surface area contributed by atoms with Crippen LogP contribution in [0.3, 0.4) is 0 Å². The van der Waals surface area contributed by atoms with Crippen LogP contribution in [0.4, 0.5) is 0 Å². The third-order valence-electron chi connectivity index (χ3n) is 9.37. The Morgan fingerprint density at radius 3 is 2.20 bits per heavy atom. The van der Waals surface area contributed by atoms with Crippen LogP contribution in [0.15, 0.2) is 0 Å². The van der Waals surface area contributed by atoms with E-state index in [1.165, 1.54) is 57.8 Å². The van der Waals surface area contributed by atoms with Gasteiger partial charge in [0.2, 0.25) is 0 Å². The van der Waals surface area contributed by atoms with Gasteiger partial charge in [-0.15, -0.1) is 0 Å². The van der Waals surface area contributed by atoms with Gasteiger partial charge in [0.15, 0.2) is 0 Å². The maximum Gasteiger partial charge on any atom is 0.0104 e. The summed E-state index contributed by atoms with van der Waals surface area (Å²) >= 11 is 0. The van der Waals surface area contributed by atoms with Crippen molar-refractivity contribution < 1.29 is 0 Å². The Morgan fingerprint density at radius 1 is 0.560 bits per heavy atom. The number of hydrogen-bond donors (Lipinski definition) is 1. The molecule has 4 aliphatic rings. The fourth-order valence-electron chi connectivity index (χ4n) is 7.71. The highest BCUT2D eigenvalue weighted by Crippen LogP contribution is 2.52. The summed E-state index contributed by atoms with van der Waals surface area (Å²) in [6.45, 7) is 10.3. The summed E-state index contributed by atoms with van der Waals surface area (Å²) in [6, 6.07) is 1.74. The van der Waals surface area contributed by atoms with Crippen LogP contribution in [0.5, 0.6) is 0 Å². The molecule has 1 nitrogen and oxygen atoms in total. The minimum Gasteiger partial charge on any atom is -0.311 e. The number of fused-ring (bicyclic) bond motifs is 3. The molecule has 0 aromatic carbocycles. The Labute approximate surface area is 157 Å². The van der Waals surface area contributed by atoms with Crippen LogP contribution < -0.4 is 5.32 Å². The van der Waals surface area contributed by atoms with Crippen molar-refractivity contribution in [3.8, 4) is 0 Å². The van der Waals surface area contributed by atoms with Crippen molar-refractivity contribution in [3.05, 3.63) is 0 Å². The first-order valence-electron chi connectivity index (χ1n) is 11.8. The molecule has 0 amide bonds. The largest absolute Gasteiger partial charge is 0.311 e. The fourth-order valence-corrected chi connectivity index (χ4v) is 7.71. The third kappa shape index (κ3) is 3.56.